The highest BCUT2D eigenvalue weighted by atomic mass is 16.7. The van der Waals surface area contributed by atoms with E-state index in [1.807, 2.05) is 6.07 Å². The lowest BCUT2D eigenvalue weighted by Crippen LogP contribution is -2.59. The zero-order valence-electron chi connectivity index (χ0n) is 27.1. The van der Waals surface area contributed by atoms with E-state index in [-0.39, 0.29) is 43.8 Å². The van der Waals surface area contributed by atoms with Crippen LogP contribution in [0, 0.1) is 5.92 Å². The van der Waals surface area contributed by atoms with E-state index in [4.69, 9.17) is 28.4 Å². The zero-order valence-corrected chi connectivity index (χ0v) is 27.1. The number of Topliss-reactive ketones (excluding diaryl/α,β-unsaturated/α-hetero) is 1. The molecule has 15 nitrogen and oxygen atoms in total. The number of ketones is 1. The molecule has 2 fully saturated rings. The molecule has 15 heteroatoms. The van der Waals surface area contributed by atoms with Gasteiger partial charge in [-0.25, -0.2) is 4.68 Å². The van der Waals surface area contributed by atoms with E-state index in [1.165, 1.54) is 0 Å². The summed E-state index contributed by atoms with van der Waals surface area (Å²) >= 11 is 0. The van der Waals surface area contributed by atoms with Crippen LogP contribution >= 0.6 is 0 Å². The number of nitrogens with one attached hydrogen (secondary N) is 2. The lowest BCUT2D eigenvalue weighted by Gasteiger charge is -2.41. The van der Waals surface area contributed by atoms with Gasteiger partial charge < -0.3 is 49.3 Å². The molecule has 0 aliphatic carbocycles. The molecule has 2 saturated heterocycles. The second-order valence-electron chi connectivity index (χ2n) is 11.8. The number of hydrogen-bond donors (Lipinski definition) is 4. The van der Waals surface area contributed by atoms with Crippen molar-refractivity contribution in [3.05, 3.63) is 47.8 Å². The molecule has 5 atom stereocenters. The third kappa shape index (κ3) is 12.0. The summed E-state index contributed by atoms with van der Waals surface area (Å²) in [5, 5.41) is 34.8. The molecule has 47 heavy (non-hydrogen) atoms. The number of ether oxygens (including phenoxy) is 6. The number of carbonyl (C=O) groups excluding carboxylic acids is 2. The lowest BCUT2D eigenvalue weighted by atomic mass is 9.85. The van der Waals surface area contributed by atoms with Crippen LogP contribution in [0.1, 0.15) is 42.2 Å². The minimum atomic E-state index is -1.08. The Balaban J connectivity index is 0.883. The highest BCUT2D eigenvalue weighted by Crippen LogP contribution is 2.40. The first kappa shape index (κ1) is 37.0. The smallest absolute Gasteiger partial charge is 0.234 e. The van der Waals surface area contributed by atoms with Crippen molar-refractivity contribution in [2.45, 2.75) is 63.4 Å². The van der Waals surface area contributed by atoms with Gasteiger partial charge in [0.15, 0.2) is 12.1 Å². The molecule has 262 valence electrons. The van der Waals surface area contributed by atoms with Gasteiger partial charge in [0.05, 0.1) is 51.8 Å². The fraction of sp³-hybridized carbons (Fsp3) is 0.688. The maximum atomic E-state index is 12.0. The molecule has 0 radical (unpaired) electrons. The van der Waals surface area contributed by atoms with Crippen molar-refractivity contribution >= 4 is 11.7 Å². The molecule has 4 rings (SSSR count). The Kier molecular flexibility index (Phi) is 15.6. The van der Waals surface area contributed by atoms with Crippen LogP contribution in [-0.2, 0) is 46.4 Å². The van der Waals surface area contributed by atoms with Crippen molar-refractivity contribution in [1.29, 1.82) is 0 Å². The monoisotopic (exact) mass is 663 g/mol. The van der Waals surface area contributed by atoms with Gasteiger partial charge in [-0.05, 0) is 19.3 Å². The first-order chi connectivity index (χ1) is 22.9. The van der Waals surface area contributed by atoms with E-state index in [0.717, 1.165) is 19.3 Å². The molecule has 2 aliphatic heterocycles. The lowest BCUT2D eigenvalue weighted by molar-refractivity contribution is -0.240. The largest absolute Gasteiger partial charge is 0.390 e. The van der Waals surface area contributed by atoms with Crippen LogP contribution < -0.4 is 10.6 Å². The van der Waals surface area contributed by atoms with E-state index in [9.17, 15) is 19.8 Å². The molecule has 1 amide bonds. The summed E-state index contributed by atoms with van der Waals surface area (Å²) in [6, 6.07) is 8.96. The Morgan fingerprint density at radius 2 is 1.62 bits per heavy atom. The van der Waals surface area contributed by atoms with E-state index < -0.39 is 24.1 Å². The molecular formula is C32H49N5O10. The number of carbonyl (C=O) groups is 2. The van der Waals surface area contributed by atoms with Crippen molar-refractivity contribution in [1.82, 2.24) is 25.6 Å². The summed E-state index contributed by atoms with van der Waals surface area (Å²) in [4.78, 5) is 23.9. The van der Waals surface area contributed by atoms with Crippen LogP contribution in [0.2, 0.25) is 0 Å². The van der Waals surface area contributed by atoms with Crippen molar-refractivity contribution in [2.24, 2.45) is 5.92 Å². The van der Waals surface area contributed by atoms with Gasteiger partial charge in [-0.1, -0.05) is 42.5 Å². The molecule has 0 unspecified atom stereocenters. The fourth-order valence-electron chi connectivity index (χ4n) is 5.24. The van der Waals surface area contributed by atoms with Crippen LogP contribution in [0.5, 0.6) is 0 Å². The van der Waals surface area contributed by atoms with Gasteiger partial charge in [0.2, 0.25) is 5.91 Å². The third-order valence-electron chi connectivity index (χ3n) is 7.91. The maximum Gasteiger partial charge on any atom is 0.234 e. The standard InChI is InChI=1S/C32H49N5O10/c1-24-29(40)30(41)32(23-46-31(24)47-32)22-37-20-26(35-36-37)21-45-16-7-14-43-12-5-11-42-13-6-15-44-17-10-34-28(39)19-33-18-27(38)25-8-3-2-4-9-25/h2-4,8-9,20,24,29-31,33,40-41H,5-7,10-19,21-23H2,1H3,(H,34,39)/t24-,29-,30-,31-,32+/m1/s1. The second-order valence-corrected chi connectivity index (χ2v) is 11.8. The maximum absolute atomic E-state index is 12.0. The number of fused-ring (bicyclic) bond motifs is 2. The first-order valence-electron chi connectivity index (χ1n) is 16.3. The van der Waals surface area contributed by atoms with Crippen molar-refractivity contribution in [3.8, 4) is 0 Å². The normalized spacial score (nSPS) is 23.6. The minimum Gasteiger partial charge on any atom is -0.390 e. The topological polar surface area (TPSA) is 185 Å². The van der Waals surface area contributed by atoms with E-state index in [1.54, 1.807) is 42.1 Å². The average Bonchev–Trinajstić information content (AvgIpc) is 3.71. The van der Waals surface area contributed by atoms with Gasteiger partial charge in [-0.2, -0.15) is 0 Å². The van der Waals surface area contributed by atoms with E-state index >= 15 is 0 Å². The van der Waals surface area contributed by atoms with E-state index in [2.05, 4.69) is 20.9 Å². The first-order valence-corrected chi connectivity index (χ1v) is 16.3. The van der Waals surface area contributed by atoms with Gasteiger partial charge in [0.1, 0.15) is 17.4 Å². The molecule has 1 aromatic heterocycles. The van der Waals surface area contributed by atoms with Crippen molar-refractivity contribution in [2.75, 3.05) is 72.5 Å². The number of rotatable bonds is 24. The number of aliphatic hydroxyl groups is 2. The van der Waals surface area contributed by atoms with Crippen LogP contribution in [-0.4, -0.2) is 133 Å². The third-order valence-corrected chi connectivity index (χ3v) is 7.91. The Bertz CT molecular complexity index is 1200. The molecule has 0 saturated carbocycles. The van der Waals surface area contributed by atoms with Crippen LogP contribution in [0.25, 0.3) is 0 Å². The summed E-state index contributed by atoms with van der Waals surface area (Å²) in [6.07, 6.45) is 1.50. The SMILES string of the molecule is C[C@H]1[C@@H]2OC[C@](Cn3cc(COCCCOCCCOCCCOCCNC(=O)CNCC(=O)c4ccccc4)nn3)(O2)[C@H](O)[C@@H]1O. The molecule has 4 N–H and O–H groups in total. The Morgan fingerprint density at radius 1 is 0.957 bits per heavy atom. The predicted molar refractivity (Wildman–Crippen MR) is 167 cm³/mol. The average molecular weight is 664 g/mol. The van der Waals surface area contributed by atoms with Gasteiger partial charge in [-0.15, -0.1) is 5.10 Å². The van der Waals surface area contributed by atoms with Gasteiger partial charge in [0, 0.05) is 57.7 Å². The number of aliphatic hydroxyl groups excluding tert-OH is 2. The molecule has 2 bridgehead atoms. The number of nitrogens with zero attached hydrogens (tertiary/aromatic N) is 3. The minimum absolute atomic E-state index is 0.0551. The van der Waals surface area contributed by atoms with E-state index in [0.29, 0.717) is 70.7 Å². The van der Waals surface area contributed by atoms with Gasteiger partial charge in [-0.3, -0.25) is 9.59 Å². The van der Waals surface area contributed by atoms with Gasteiger partial charge in [0.25, 0.3) is 0 Å². The van der Waals surface area contributed by atoms with Gasteiger partial charge >= 0.3 is 0 Å². The number of benzene rings is 1. The summed E-state index contributed by atoms with van der Waals surface area (Å²) in [6.45, 7) is 6.94. The van der Waals surface area contributed by atoms with Crippen LogP contribution in [0.4, 0.5) is 0 Å². The molecule has 1 aromatic carbocycles. The number of aromatic nitrogens is 3. The highest BCUT2D eigenvalue weighted by Gasteiger charge is 2.58. The van der Waals surface area contributed by atoms with Crippen molar-refractivity contribution < 1.29 is 48.2 Å². The van der Waals surface area contributed by atoms with Crippen LogP contribution in [0.3, 0.4) is 0 Å². The molecule has 2 aliphatic rings. The summed E-state index contributed by atoms with van der Waals surface area (Å²) in [5.41, 5.74) is 0.227. The number of amides is 1. The Labute approximate surface area is 275 Å². The van der Waals surface area contributed by atoms with Crippen LogP contribution in [0.15, 0.2) is 36.5 Å². The second kappa shape index (κ2) is 19.8. The molecule has 2 aromatic rings. The summed E-state index contributed by atoms with van der Waals surface area (Å²) < 4.78 is 35.6. The summed E-state index contributed by atoms with van der Waals surface area (Å²) in [7, 11) is 0. The highest BCUT2D eigenvalue weighted by molar-refractivity contribution is 5.97. The predicted octanol–water partition coefficient (Wildman–Crippen LogP) is 0.0867. The fourth-order valence-corrected chi connectivity index (χ4v) is 5.24. The van der Waals surface area contributed by atoms with Crippen molar-refractivity contribution in [3.63, 3.8) is 0 Å². The quantitative estimate of drug-likeness (QED) is 0.0876. The molecule has 3 heterocycles. The molecule has 0 spiro atoms. The Morgan fingerprint density at radius 3 is 2.32 bits per heavy atom. The number of hydrogen-bond acceptors (Lipinski definition) is 13. The Hall–Kier alpha value is -2.86. The summed E-state index contributed by atoms with van der Waals surface area (Å²) in [5.74, 6) is -0.547. The zero-order chi connectivity index (χ0) is 33.3. The molecular weight excluding hydrogens is 614 g/mol.